The molecule has 5 nitrogen and oxygen atoms in total. The maximum absolute atomic E-state index is 12.3. The number of pyridine rings is 1. The topological polar surface area (TPSA) is 59.3 Å². The third-order valence-electron chi connectivity index (χ3n) is 3.34. The van der Waals surface area contributed by atoms with Gasteiger partial charge in [0.2, 0.25) is 5.91 Å². The second-order valence-electron chi connectivity index (χ2n) is 4.98. The molecule has 0 fully saturated rings. The summed E-state index contributed by atoms with van der Waals surface area (Å²) < 4.78 is 1.86. The van der Waals surface area contributed by atoms with Crippen molar-refractivity contribution in [3.05, 3.63) is 59.2 Å². The van der Waals surface area contributed by atoms with Crippen molar-refractivity contribution in [1.82, 2.24) is 19.9 Å². The zero-order valence-electron chi connectivity index (χ0n) is 12.4. The molecule has 0 saturated carbocycles. The molecule has 2 aromatic heterocycles. The first-order chi connectivity index (χ1) is 11.1. The van der Waals surface area contributed by atoms with E-state index in [4.69, 9.17) is 11.6 Å². The van der Waals surface area contributed by atoms with Crippen LogP contribution in [0.3, 0.4) is 0 Å². The lowest BCUT2D eigenvalue weighted by Crippen LogP contribution is -2.30. The number of nitrogens with one attached hydrogen (secondary N) is 1. The zero-order valence-corrected chi connectivity index (χ0v) is 14.0. The Morgan fingerprint density at radius 3 is 2.87 bits per heavy atom. The predicted octanol–water partition coefficient (Wildman–Crippen LogP) is 3.18. The minimum absolute atomic E-state index is 0.0670. The normalized spacial score (nSPS) is 12.3. The highest BCUT2D eigenvalue weighted by molar-refractivity contribution is 8.00. The number of halogens is 1. The maximum atomic E-state index is 12.3. The van der Waals surface area contributed by atoms with Gasteiger partial charge in [-0.1, -0.05) is 47.6 Å². The van der Waals surface area contributed by atoms with Crippen LogP contribution in [0.1, 0.15) is 12.5 Å². The molecule has 23 heavy (non-hydrogen) atoms. The van der Waals surface area contributed by atoms with Crippen LogP contribution in [0, 0.1) is 0 Å². The molecule has 0 unspecified atom stereocenters. The SMILES string of the molecule is C[C@@H](Sc1nnc2ccccn12)C(=O)NCc1ccccc1Cl. The summed E-state index contributed by atoms with van der Waals surface area (Å²) in [5.74, 6) is -0.0670. The highest BCUT2D eigenvalue weighted by Gasteiger charge is 2.17. The lowest BCUT2D eigenvalue weighted by molar-refractivity contribution is -0.120. The van der Waals surface area contributed by atoms with Gasteiger partial charge >= 0.3 is 0 Å². The number of thioether (sulfide) groups is 1. The van der Waals surface area contributed by atoms with Crippen LogP contribution in [0.25, 0.3) is 5.65 Å². The van der Waals surface area contributed by atoms with Crippen molar-refractivity contribution in [2.45, 2.75) is 23.9 Å². The number of aromatic nitrogens is 3. The number of hydrogen-bond donors (Lipinski definition) is 1. The largest absolute Gasteiger partial charge is 0.351 e. The molecule has 7 heteroatoms. The highest BCUT2D eigenvalue weighted by Crippen LogP contribution is 2.22. The van der Waals surface area contributed by atoms with E-state index in [1.165, 1.54) is 11.8 Å². The van der Waals surface area contributed by atoms with Crippen LogP contribution < -0.4 is 5.32 Å². The molecule has 0 aliphatic carbocycles. The molecule has 0 aliphatic heterocycles. The van der Waals surface area contributed by atoms with E-state index in [9.17, 15) is 4.79 Å². The number of carbonyl (C=O) groups excluding carboxylic acids is 1. The quantitative estimate of drug-likeness (QED) is 0.721. The molecular weight excluding hydrogens is 332 g/mol. The predicted molar refractivity (Wildman–Crippen MR) is 91.6 cm³/mol. The Kier molecular flexibility index (Phi) is 4.83. The zero-order chi connectivity index (χ0) is 16.2. The van der Waals surface area contributed by atoms with Crippen LogP contribution in [0.4, 0.5) is 0 Å². The minimum Gasteiger partial charge on any atom is -0.351 e. The molecule has 3 rings (SSSR count). The molecule has 1 N–H and O–H groups in total. The molecule has 0 spiro atoms. The smallest absolute Gasteiger partial charge is 0.233 e. The van der Waals surface area contributed by atoms with E-state index in [-0.39, 0.29) is 11.2 Å². The number of carbonyl (C=O) groups is 1. The molecule has 0 saturated heterocycles. The molecule has 118 valence electrons. The van der Waals surface area contributed by atoms with Gasteiger partial charge in [-0.25, -0.2) is 0 Å². The third kappa shape index (κ3) is 3.65. The Bertz CT molecular complexity index is 836. The Morgan fingerprint density at radius 1 is 1.26 bits per heavy atom. The van der Waals surface area contributed by atoms with Gasteiger partial charge in [0.1, 0.15) is 0 Å². The van der Waals surface area contributed by atoms with E-state index in [0.717, 1.165) is 11.2 Å². The van der Waals surface area contributed by atoms with E-state index < -0.39 is 0 Å². The van der Waals surface area contributed by atoms with Gasteiger partial charge in [-0.2, -0.15) is 0 Å². The van der Waals surface area contributed by atoms with E-state index in [2.05, 4.69) is 15.5 Å². The number of fused-ring (bicyclic) bond motifs is 1. The monoisotopic (exact) mass is 346 g/mol. The summed E-state index contributed by atoms with van der Waals surface area (Å²) in [5, 5.41) is 12.2. The molecule has 0 bridgehead atoms. The van der Waals surface area contributed by atoms with Crippen LogP contribution in [-0.2, 0) is 11.3 Å². The summed E-state index contributed by atoms with van der Waals surface area (Å²) in [6.07, 6.45) is 1.88. The molecule has 0 aliphatic rings. The van der Waals surface area contributed by atoms with Gasteiger partial charge in [-0.3, -0.25) is 9.20 Å². The van der Waals surface area contributed by atoms with E-state index in [1.54, 1.807) is 0 Å². The molecule has 3 aromatic rings. The van der Waals surface area contributed by atoms with Crippen LogP contribution in [-0.4, -0.2) is 25.8 Å². The number of amides is 1. The van der Waals surface area contributed by atoms with E-state index in [1.807, 2.05) is 60.0 Å². The first-order valence-corrected chi connectivity index (χ1v) is 8.38. The van der Waals surface area contributed by atoms with Crippen molar-refractivity contribution >= 4 is 34.9 Å². The molecule has 1 aromatic carbocycles. The summed E-state index contributed by atoms with van der Waals surface area (Å²) >= 11 is 7.46. The van der Waals surface area contributed by atoms with Crippen molar-refractivity contribution < 1.29 is 4.79 Å². The van der Waals surface area contributed by atoms with Crippen molar-refractivity contribution in [3.63, 3.8) is 0 Å². The fourth-order valence-electron chi connectivity index (χ4n) is 2.08. The fourth-order valence-corrected chi connectivity index (χ4v) is 3.14. The maximum Gasteiger partial charge on any atom is 0.233 e. The second-order valence-corrected chi connectivity index (χ2v) is 6.70. The van der Waals surface area contributed by atoms with Crippen LogP contribution in [0.5, 0.6) is 0 Å². The van der Waals surface area contributed by atoms with Gasteiger partial charge in [-0.05, 0) is 30.7 Å². The molecule has 1 atom stereocenters. The first-order valence-electron chi connectivity index (χ1n) is 7.12. The Labute approximate surface area is 143 Å². The van der Waals surface area contributed by atoms with Crippen molar-refractivity contribution in [2.24, 2.45) is 0 Å². The average molecular weight is 347 g/mol. The van der Waals surface area contributed by atoms with Gasteiger partial charge in [-0.15, -0.1) is 10.2 Å². The molecule has 0 radical (unpaired) electrons. The lowest BCUT2D eigenvalue weighted by Gasteiger charge is -2.11. The van der Waals surface area contributed by atoms with E-state index in [0.29, 0.717) is 16.7 Å². The van der Waals surface area contributed by atoms with Crippen molar-refractivity contribution in [2.75, 3.05) is 0 Å². The number of benzene rings is 1. The minimum atomic E-state index is -0.287. The van der Waals surface area contributed by atoms with E-state index >= 15 is 0 Å². The van der Waals surface area contributed by atoms with Gasteiger partial charge < -0.3 is 5.32 Å². The van der Waals surface area contributed by atoms with Gasteiger partial charge in [0.25, 0.3) is 0 Å². The Balaban J connectivity index is 1.63. The summed E-state index contributed by atoms with van der Waals surface area (Å²) in [6.45, 7) is 2.25. The summed E-state index contributed by atoms with van der Waals surface area (Å²) in [5.41, 5.74) is 1.66. The molecule has 1 amide bonds. The highest BCUT2D eigenvalue weighted by atomic mass is 35.5. The summed E-state index contributed by atoms with van der Waals surface area (Å²) in [7, 11) is 0. The Hall–Kier alpha value is -2.05. The van der Waals surface area contributed by atoms with Crippen LogP contribution in [0.2, 0.25) is 5.02 Å². The fraction of sp³-hybridized carbons (Fsp3) is 0.188. The summed E-state index contributed by atoms with van der Waals surface area (Å²) in [6, 6.07) is 13.1. The standard InChI is InChI=1S/C16H15ClN4OS/c1-11(15(22)18-10-12-6-2-3-7-13(12)17)23-16-20-19-14-8-4-5-9-21(14)16/h2-9,11H,10H2,1H3,(H,18,22)/t11-/m1/s1. The van der Waals surface area contributed by atoms with Crippen molar-refractivity contribution in [3.8, 4) is 0 Å². The molecule has 2 heterocycles. The van der Waals surface area contributed by atoms with Crippen LogP contribution in [0.15, 0.2) is 53.8 Å². The average Bonchev–Trinajstić information content (AvgIpc) is 2.97. The van der Waals surface area contributed by atoms with Gasteiger partial charge in [0, 0.05) is 17.8 Å². The molecular formula is C16H15ClN4OS. The number of nitrogens with zero attached hydrogens (tertiary/aromatic N) is 3. The second kappa shape index (κ2) is 7.02. The van der Waals surface area contributed by atoms with Gasteiger partial charge in [0.15, 0.2) is 10.8 Å². The first kappa shape index (κ1) is 15.8. The third-order valence-corrected chi connectivity index (χ3v) is 4.77. The number of rotatable bonds is 5. The number of hydrogen-bond acceptors (Lipinski definition) is 4. The Morgan fingerprint density at radius 2 is 2.04 bits per heavy atom. The lowest BCUT2D eigenvalue weighted by atomic mass is 10.2. The van der Waals surface area contributed by atoms with Crippen molar-refractivity contribution in [1.29, 1.82) is 0 Å². The van der Waals surface area contributed by atoms with Gasteiger partial charge in [0.05, 0.1) is 5.25 Å². The summed E-state index contributed by atoms with van der Waals surface area (Å²) in [4.78, 5) is 12.3. The van der Waals surface area contributed by atoms with Crippen LogP contribution >= 0.6 is 23.4 Å².